The molecular formula is C38H60N4O5Si. The topological polar surface area (TPSA) is 116 Å². The number of unbranched alkanes of at least 4 members (excludes halogenated alkanes) is 1. The van der Waals surface area contributed by atoms with Crippen molar-refractivity contribution in [3.05, 3.63) is 75.6 Å². The molecule has 0 bridgehead atoms. The van der Waals surface area contributed by atoms with Crippen LogP contribution in [0.2, 0.25) is 18.1 Å². The van der Waals surface area contributed by atoms with Crippen molar-refractivity contribution in [2.45, 2.75) is 97.5 Å². The van der Waals surface area contributed by atoms with Gasteiger partial charge < -0.3 is 34.8 Å². The number of aromatic nitrogens is 1. The summed E-state index contributed by atoms with van der Waals surface area (Å²) < 4.78 is 12.8. The Balaban J connectivity index is 1.57. The van der Waals surface area contributed by atoms with Gasteiger partial charge in [-0.15, -0.1) is 0 Å². The first kappa shape index (κ1) is 39.4. The number of fused-ring (bicyclic) bond motifs is 1. The van der Waals surface area contributed by atoms with E-state index in [0.717, 1.165) is 56.3 Å². The number of aromatic amines is 1. The summed E-state index contributed by atoms with van der Waals surface area (Å²) >= 11 is 0. The number of nitrogens with zero attached hydrogens (tertiary/aromatic N) is 1. The van der Waals surface area contributed by atoms with Crippen LogP contribution >= 0.6 is 0 Å². The molecule has 0 aliphatic carbocycles. The summed E-state index contributed by atoms with van der Waals surface area (Å²) in [6.45, 7) is 20.7. The molecule has 0 radical (unpaired) electrons. The number of nitrogens with one attached hydrogen (secondary N) is 3. The van der Waals surface area contributed by atoms with Crippen LogP contribution in [0.25, 0.3) is 10.9 Å². The van der Waals surface area contributed by atoms with Crippen LogP contribution in [0.1, 0.15) is 83.1 Å². The molecule has 1 heterocycles. The molecule has 0 spiro atoms. The van der Waals surface area contributed by atoms with E-state index in [4.69, 9.17) is 9.16 Å². The zero-order valence-electron chi connectivity index (χ0n) is 30.4. The Hall–Kier alpha value is -3.02. The predicted molar refractivity (Wildman–Crippen MR) is 199 cm³/mol. The van der Waals surface area contributed by atoms with Gasteiger partial charge in [-0.05, 0) is 72.8 Å². The lowest BCUT2D eigenvalue weighted by atomic mass is 10.0. The molecule has 4 N–H and O–H groups in total. The third-order valence-electron chi connectivity index (χ3n) is 9.26. The highest BCUT2D eigenvalue weighted by Crippen LogP contribution is 2.41. The van der Waals surface area contributed by atoms with E-state index in [1.165, 1.54) is 17.2 Å². The minimum absolute atomic E-state index is 0.00646. The van der Waals surface area contributed by atoms with E-state index in [1.54, 1.807) is 12.1 Å². The van der Waals surface area contributed by atoms with Crippen LogP contribution in [0.4, 0.5) is 0 Å². The second-order valence-corrected chi connectivity index (χ2v) is 19.0. The third-order valence-corrected chi connectivity index (χ3v) is 13.7. The molecule has 0 aliphatic heterocycles. The van der Waals surface area contributed by atoms with Crippen LogP contribution in [0.15, 0.2) is 53.3 Å². The summed E-state index contributed by atoms with van der Waals surface area (Å²) in [5, 5.41) is 18.2. The van der Waals surface area contributed by atoms with Crippen LogP contribution in [-0.4, -0.2) is 75.2 Å². The first-order valence-electron chi connectivity index (χ1n) is 17.7. The number of carbonyl (C=O) groups excluding carboxylic acids is 1. The second-order valence-electron chi connectivity index (χ2n) is 14.2. The first-order valence-corrected chi connectivity index (χ1v) is 20.6. The van der Waals surface area contributed by atoms with Crippen molar-refractivity contribution in [3.63, 3.8) is 0 Å². The molecule has 0 saturated carbocycles. The van der Waals surface area contributed by atoms with E-state index < -0.39 is 8.32 Å². The number of pyridine rings is 1. The summed E-state index contributed by atoms with van der Waals surface area (Å²) in [6, 6.07) is 15.3. The van der Waals surface area contributed by atoms with Crippen molar-refractivity contribution in [2.75, 3.05) is 45.9 Å². The number of carbonyl (C=O) groups is 1. The Morgan fingerprint density at radius 3 is 2.48 bits per heavy atom. The molecule has 1 atom stereocenters. The molecule has 0 fully saturated rings. The highest BCUT2D eigenvalue weighted by Gasteiger charge is 2.39. The van der Waals surface area contributed by atoms with Gasteiger partial charge in [0.25, 0.3) is 0 Å². The number of benzene rings is 2. The van der Waals surface area contributed by atoms with Crippen LogP contribution in [0.5, 0.6) is 5.75 Å². The summed E-state index contributed by atoms with van der Waals surface area (Å²) in [7, 11) is -2.19. The van der Waals surface area contributed by atoms with E-state index >= 15 is 0 Å². The second kappa shape index (κ2) is 19.2. The molecule has 9 nitrogen and oxygen atoms in total. The largest absolute Gasteiger partial charge is 0.506 e. The summed E-state index contributed by atoms with van der Waals surface area (Å²) in [6.07, 6.45) is 3.96. The first-order chi connectivity index (χ1) is 22.9. The number of aromatic hydroxyl groups is 1. The van der Waals surface area contributed by atoms with Gasteiger partial charge in [-0.1, -0.05) is 71.4 Å². The van der Waals surface area contributed by atoms with Gasteiger partial charge in [0.05, 0.1) is 31.3 Å². The standard InChI is InChI=1S/C38H60N4O5Si/c1-8-10-22-42(36(45)19-25-46-24-18-29-12-11-13-30(26-29)27-39-20-9-2)23-21-40-28-34(47-48(6,7)38(3,4)5)31-14-16-33(43)37-32(31)15-17-35(44)41-37/h11-17,26,34,39-40,43H,8-10,18-25,27-28H2,1-7H3,(H,41,44)/t34-/m0/s1. The highest BCUT2D eigenvalue weighted by atomic mass is 28.4. The van der Waals surface area contributed by atoms with Crippen LogP contribution in [0.3, 0.4) is 0 Å². The molecule has 10 heteroatoms. The van der Waals surface area contributed by atoms with Crippen molar-refractivity contribution in [1.29, 1.82) is 0 Å². The monoisotopic (exact) mass is 680 g/mol. The average Bonchev–Trinajstić information content (AvgIpc) is 3.04. The number of phenols is 1. The maximum absolute atomic E-state index is 13.2. The van der Waals surface area contributed by atoms with Crippen molar-refractivity contribution >= 4 is 25.1 Å². The fourth-order valence-electron chi connectivity index (χ4n) is 5.36. The molecule has 266 valence electrons. The van der Waals surface area contributed by atoms with Crippen molar-refractivity contribution in [3.8, 4) is 5.75 Å². The maximum atomic E-state index is 13.2. The zero-order valence-corrected chi connectivity index (χ0v) is 31.4. The normalized spacial score (nSPS) is 12.8. The lowest BCUT2D eigenvalue weighted by molar-refractivity contribution is -0.132. The van der Waals surface area contributed by atoms with Gasteiger partial charge in [0.1, 0.15) is 5.75 Å². The summed E-state index contributed by atoms with van der Waals surface area (Å²) in [4.78, 5) is 30.0. The van der Waals surface area contributed by atoms with E-state index in [2.05, 4.69) is 87.6 Å². The molecule has 0 unspecified atom stereocenters. The number of ether oxygens (including phenoxy) is 1. The smallest absolute Gasteiger partial charge is 0.248 e. The predicted octanol–water partition coefficient (Wildman–Crippen LogP) is 6.66. The Kier molecular flexibility index (Phi) is 15.8. The zero-order chi connectivity index (χ0) is 35.2. The maximum Gasteiger partial charge on any atom is 0.248 e. The Morgan fingerprint density at radius 2 is 1.75 bits per heavy atom. The number of hydrogen-bond acceptors (Lipinski definition) is 7. The minimum Gasteiger partial charge on any atom is -0.506 e. The van der Waals surface area contributed by atoms with Gasteiger partial charge in [-0.2, -0.15) is 0 Å². The van der Waals surface area contributed by atoms with Gasteiger partial charge in [-0.3, -0.25) is 9.59 Å². The molecule has 2 aromatic carbocycles. The van der Waals surface area contributed by atoms with Crippen molar-refractivity contribution in [1.82, 2.24) is 20.5 Å². The summed E-state index contributed by atoms with van der Waals surface area (Å²) in [5.41, 5.74) is 3.58. The molecule has 3 rings (SSSR count). The van der Waals surface area contributed by atoms with Gasteiger partial charge in [-0.25, -0.2) is 0 Å². The van der Waals surface area contributed by atoms with Crippen LogP contribution in [-0.2, 0) is 26.9 Å². The fraction of sp³-hybridized carbons (Fsp3) is 0.579. The number of phenolic OH excluding ortho intramolecular Hbond substituents is 1. The molecule has 1 aromatic heterocycles. The molecular weight excluding hydrogens is 621 g/mol. The molecule has 0 saturated heterocycles. The Bertz CT molecular complexity index is 1490. The van der Waals surface area contributed by atoms with Gasteiger partial charge >= 0.3 is 0 Å². The lowest BCUT2D eigenvalue weighted by Crippen LogP contribution is -2.44. The van der Waals surface area contributed by atoms with Crippen molar-refractivity contribution < 1.29 is 19.1 Å². The van der Waals surface area contributed by atoms with Crippen LogP contribution < -0.4 is 16.2 Å². The number of amides is 1. The van der Waals surface area contributed by atoms with E-state index in [1.807, 2.05) is 11.0 Å². The molecule has 0 aliphatic rings. The molecule has 48 heavy (non-hydrogen) atoms. The van der Waals surface area contributed by atoms with Crippen molar-refractivity contribution in [2.24, 2.45) is 0 Å². The minimum atomic E-state index is -2.19. The third kappa shape index (κ3) is 12.1. The number of H-pyrrole nitrogens is 1. The lowest BCUT2D eigenvalue weighted by Gasteiger charge is -2.39. The quantitative estimate of drug-likeness (QED) is 0.0735. The highest BCUT2D eigenvalue weighted by molar-refractivity contribution is 6.74. The number of hydrogen-bond donors (Lipinski definition) is 4. The van der Waals surface area contributed by atoms with E-state index in [0.29, 0.717) is 44.8 Å². The van der Waals surface area contributed by atoms with Crippen LogP contribution in [0, 0.1) is 0 Å². The van der Waals surface area contributed by atoms with Gasteiger partial charge in [0, 0.05) is 44.2 Å². The average molecular weight is 681 g/mol. The van der Waals surface area contributed by atoms with Gasteiger partial charge in [0.2, 0.25) is 11.5 Å². The Labute approximate surface area is 288 Å². The SMILES string of the molecule is CCCCN(CCNC[C@H](O[Si](C)(C)C(C)(C)C)c1ccc(O)c2[nH]c(=O)ccc12)C(=O)CCOCCc1cccc(CNCCC)c1. The number of rotatable bonds is 21. The van der Waals surface area contributed by atoms with E-state index in [9.17, 15) is 14.7 Å². The molecule has 1 amide bonds. The van der Waals surface area contributed by atoms with E-state index in [-0.39, 0.29) is 28.4 Å². The molecule has 3 aromatic rings. The fourth-order valence-corrected chi connectivity index (χ4v) is 6.63. The Morgan fingerprint density at radius 1 is 0.979 bits per heavy atom. The summed E-state index contributed by atoms with van der Waals surface area (Å²) in [5.74, 6) is 0.140. The van der Waals surface area contributed by atoms with Gasteiger partial charge in [0.15, 0.2) is 8.32 Å².